The zero-order valence-electron chi connectivity index (χ0n) is 6.22. The van der Waals surface area contributed by atoms with Crippen molar-refractivity contribution in [1.82, 2.24) is 5.32 Å². The van der Waals surface area contributed by atoms with Gasteiger partial charge in [0.15, 0.2) is 0 Å². The van der Waals surface area contributed by atoms with Crippen molar-refractivity contribution in [1.29, 1.82) is 0 Å². The minimum Gasteiger partial charge on any atom is -0.307 e. The Morgan fingerprint density at radius 3 is 2.50 bits per heavy atom. The summed E-state index contributed by atoms with van der Waals surface area (Å²) in [6.45, 7) is 2.67. The molecule has 1 fully saturated rings. The summed E-state index contributed by atoms with van der Waals surface area (Å²) in [5.74, 6) is 0.287. The fourth-order valence-electron chi connectivity index (χ4n) is 1.20. The molecule has 0 spiro atoms. The average molecular weight is 164 g/mol. The first-order valence-electron chi connectivity index (χ1n) is 3.54. The Morgan fingerprint density at radius 1 is 1.50 bits per heavy atom. The highest BCUT2D eigenvalue weighted by Gasteiger charge is 2.15. The Morgan fingerprint density at radius 2 is 2.20 bits per heavy atom. The number of carbonyl (C=O) groups excluding carboxylic acids is 1. The summed E-state index contributed by atoms with van der Waals surface area (Å²) in [5.41, 5.74) is 0. The van der Waals surface area contributed by atoms with Crippen molar-refractivity contribution in [3.63, 3.8) is 0 Å². The van der Waals surface area contributed by atoms with Crippen molar-refractivity contribution in [3.05, 3.63) is 0 Å². The van der Waals surface area contributed by atoms with Gasteiger partial charge in [-0.25, -0.2) is 0 Å². The van der Waals surface area contributed by atoms with Crippen molar-refractivity contribution >= 4 is 18.2 Å². The summed E-state index contributed by atoms with van der Waals surface area (Å²) >= 11 is 0. The number of Topliss-reactive ketones (excluding diaryl/α,β-unsaturated/α-hetero) is 1. The van der Waals surface area contributed by atoms with Gasteiger partial charge in [0.05, 0.1) is 6.04 Å². The molecule has 0 bridgehead atoms. The van der Waals surface area contributed by atoms with Gasteiger partial charge in [0, 0.05) is 0 Å². The Labute approximate surface area is 67.8 Å². The Bertz CT molecular complexity index is 110. The van der Waals surface area contributed by atoms with E-state index >= 15 is 0 Å². The van der Waals surface area contributed by atoms with Crippen LogP contribution in [-0.4, -0.2) is 18.4 Å². The first-order valence-corrected chi connectivity index (χ1v) is 3.54. The molecule has 0 aromatic carbocycles. The quantitative estimate of drug-likeness (QED) is 0.628. The molecular weight excluding hydrogens is 150 g/mol. The van der Waals surface area contributed by atoms with E-state index in [1.54, 1.807) is 6.92 Å². The summed E-state index contributed by atoms with van der Waals surface area (Å²) in [6, 6.07) is 0.166. The maximum absolute atomic E-state index is 10.7. The SMILES string of the molecule is CC(=O)[C@@H]1CCCCN1.Cl. The summed E-state index contributed by atoms with van der Waals surface area (Å²) in [5, 5.41) is 3.17. The molecule has 1 aliphatic rings. The number of hydrogen-bond donors (Lipinski definition) is 1. The van der Waals surface area contributed by atoms with Crippen LogP contribution in [-0.2, 0) is 4.79 Å². The number of halogens is 1. The van der Waals surface area contributed by atoms with Gasteiger partial charge >= 0.3 is 0 Å². The summed E-state index contributed by atoms with van der Waals surface area (Å²) in [6.07, 6.45) is 3.47. The van der Waals surface area contributed by atoms with Crippen LogP contribution in [0.3, 0.4) is 0 Å². The third-order valence-corrected chi connectivity index (χ3v) is 1.80. The molecular formula is C7H14ClNO. The summed E-state index contributed by atoms with van der Waals surface area (Å²) in [7, 11) is 0. The molecule has 1 aliphatic heterocycles. The molecule has 0 aromatic rings. The molecule has 0 saturated carbocycles. The Balaban J connectivity index is 0.000000810. The van der Waals surface area contributed by atoms with Gasteiger partial charge in [0.1, 0.15) is 5.78 Å². The van der Waals surface area contributed by atoms with Crippen molar-refractivity contribution in [2.24, 2.45) is 0 Å². The molecule has 1 saturated heterocycles. The van der Waals surface area contributed by atoms with Crippen LogP contribution >= 0.6 is 12.4 Å². The van der Waals surface area contributed by atoms with Crippen LogP contribution in [0, 0.1) is 0 Å². The molecule has 1 rings (SSSR count). The topological polar surface area (TPSA) is 29.1 Å². The lowest BCUT2D eigenvalue weighted by Crippen LogP contribution is -2.38. The average Bonchev–Trinajstić information content (AvgIpc) is 1.90. The lowest BCUT2D eigenvalue weighted by molar-refractivity contribution is -0.119. The summed E-state index contributed by atoms with van der Waals surface area (Å²) in [4.78, 5) is 10.7. The van der Waals surface area contributed by atoms with E-state index in [1.165, 1.54) is 12.8 Å². The highest BCUT2D eigenvalue weighted by molar-refractivity contribution is 5.85. The smallest absolute Gasteiger partial charge is 0.146 e. The van der Waals surface area contributed by atoms with Gasteiger partial charge in [-0.2, -0.15) is 0 Å². The second kappa shape index (κ2) is 4.69. The van der Waals surface area contributed by atoms with Crippen molar-refractivity contribution in [3.8, 4) is 0 Å². The summed E-state index contributed by atoms with van der Waals surface area (Å²) < 4.78 is 0. The molecule has 0 amide bonds. The van der Waals surface area contributed by atoms with Gasteiger partial charge in [0.25, 0.3) is 0 Å². The molecule has 3 heteroatoms. The van der Waals surface area contributed by atoms with Gasteiger partial charge in [0.2, 0.25) is 0 Å². The molecule has 0 radical (unpaired) electrons. The molecule has 1 N–H and O–H groups in total. The predicted octanol–water partition coefficient (Wildman–Crippen LogP) is 1.14. The minimum absolute atomic E-state index is 0. The highest BCUT2D eigenvalue weighted by Crippen LogP contribution is 2.06. The van der Waals surface area contributed by atoms with Crippen LogP contribution in [0.5, 0.6) is 0 Å². The zero-order chi connectivity index (χ0) is 6.69. The van der Waals surface area contributed by atoms with E-state index in [0.717, 1.165) is 13.0 Å². The Kier molecular flexibility index (Phi) is 4.65. The van der Waals surface area contributed by atoms with Crippen LogP contribution in [0.15, 0.2) is 0 Å². The van der Waals surface area contributed by atoms with E-state index in [2.05, 4.69) is 5.32 Å². The Hall–Kier alpha value is -0.0800. The van der Waals surface area contributed by atoms with Gasteiger partial charge in [-0.3, -0.25) is 4.79 Å². The number of nitrogens with one attached hydrogen (secondary N) is 1. The lowest BCUT2D eigenvalue weighted by Gasteiger charge is -2.20. The maximum atomic E-state index is 10.7. The van der Waals surface area contributed by atoms with Crippen LogP contribution < -0.4 is 5.32 Å². The number of piperidine rings is 1. The molecule has 1 atom stereocenters. The number of ketones is 1. The van der Waals surface area contributed by atoms with Gasteiger partial charge in [-0.05, 0) is 26.3 Å². The van der Waals surface area contributed by atoms with Crippen molar-refractivity contribution in [2.45, 2.75) is 32.2 Å². The van der Waals surface area contributed by atoms with Gasteiger partial charge in [-0.15, -0.1) is 12.4 Å². The predicted molar refractivity (Wildman–Crippen MR) is 43.6 cm³/mol. The zero-order valence-corrected chi connectivity index (χ0v) is 7.04. The molecule has 1 heterocycles. The standard InChI is InChI=1S/C7H13NO.ClH/c1-6(9)7-4-2-3-5-8-7;/h7-8H,2-5H2,1H3;1H/t7-;/m0./s1. The minimum atomic E-state index is 0. The van der Waals surface area contributed by atoms with E-state index in [-0.39, 0.29) is 24.2 Å². The molecule has 60 valence electrons. The van der Waals surface area contributed by atoms with Gasteiger partial charge < -0.3 is 5.32 Å². The number of hydrogen-bond acceptors (Lipinski definition) is 2. The monoisotopic (exact) mass is 163 g/mol. The molecule has 0 unspecified atom stereocenters. The van der Waals surface area contributed by atoms with E-state index in [9.17, 15) is 4.79 Å². The third-order valence-electron chi connectivity index (χ3n) is 1.80. The van der Waals surface area contributed by atoms with Crippen LogP contribution in [0.4, 0.5) is 0 Å². The maximum Gasteiger partial charge on any atom is 0.146 e. The number of rotatable bonds is 1. The van der Waals surface area contributed by atoms with Crippen LogP contribution in [0.2, 0.25) is 0 Å². The van der Waals surface area contributed by atoms with Crippen LogP contribution in [0.25, 0.3) is 0 Å². The number of carbonyl (C=O) groups is 1. The normalized spacial score (nSPS) is 25.1. The second-order valence-electron chi connectivity index (χ2n) is 2.61. The highest BCUT2D eigenvalue weighted by atomic mass is 35.5. The van der Waals surface area contributed by atoms with E-state index in [4.69, 9.17) is 0 Å². The molecule has 0 aromatic heterocycles. The molecule has 0 aliphatic carbocycles. The van der Waals surface area contributed by atoms with E-state index in [0.29, 0.717) is 0 Å². The van der Waals surface area contributed by atoms with E-state index < -0.39 is 0 Å². The van der Waals surface area contributed by atoms with Crippen molar-refractivity contribution in [2.75, 3.05) is 6.54 Å². The molecule has 2 nitrogen and oxygen atoms in total. The lowest BCUT2D eigenvalue weighted by atomic mass is 10.0. The third kappa shape index (κ3) is 2.67. The first-order chi connectivity index (χ1) is 4.30. The molecule has 10 heavy (non-hydrogen) atoms. The fourth-order valence-corrected chi connectivity index (χ4v) is 1.20. The first kappa shape index (κ1) is 9.92. The fraction of sp³-hybridized carbons (Fsp3) is 0.857. The van der Waals surface area contributed by atoms with Crippen LogP contribution in [0.1, 0.15) is 26.2 Å². The second-order valence-corrected chi connectivity index (χ2v) is 2.61. The van der Waals surface area contributed by atoms with Crippen molar-refractivity contribution < 1.29 is 4.79 Å². The van der Waals surface area contributed by atoms with Gasteiger partial charge in [-0.1, -0.05) is 6.42 Å². The van der Waals surface area contributed by atoms with E-state index in [1.807, 2.05) is 0 Å². The largest absolute Gasteiger partial charge is 0.307 e.